The summed E-state index contributed by atoms with van der Waals surface area (Å²) in [5, 5.41) is 22.8. The van der Waals surface area contributed by atoms with Gasteiger partial charge < -0.3 is 15.3 Å². The van der Waals surface area contributed by atoms with Crippen LogP contribution in [0.1, 0.15) is 38.5 Å². The zero-order chi connectivity index (χ0) is 25.0. The van der Waals surface area contributed by atoms with Gasteiger partial charge in [0.05, 0.1) is 17.8 Å². The SMILES string of the molecule is Cn1c(F)cc(-c2ccc(-c3ncc(N(C4CC4)[C@H]4C[C@H]5CCC[C@H](N5)[C@H]4F)nn3)c(O)c2)cc1=O. The molecule has 10 heteroatoms. The van der Waals surface area contributed by atoms with Crippen LogP contribution in [0.5, 0.6) is 5.75 Å². The lowest BCUT2D eigenvalue weighted by Gasteiger charge is -2.47. The summed E-state index contributed by atoms with van der Waals surface area (Å²) in [7, 11) is 1.35. The fourth-order valence-electron chi connectivity index (χ4n) is 5.61. The van der Waals surface area contributed by atoms with Crippen LogP contribution in [-0.2, 0) is 7.05 Å². The van der Waals surface area contributed by atoms with Gasteiger partial charge in [0, 0.05) is 31.2 Å². The van der Waals surface area contributed by atoms with Crippen molar-refractivity contribution in [2.75, 3.05) is 4.90 Å². The summed E-state index contributed by atoms with van der Waals surface area (Å²) in [6.07, 6.45) is 6.36. The van der Waals surface area contributed by atoms with Crippen LogP contribution in [0.25, 0.3) is 22.5 Å². The molecule has 8 nitrogen and oxygen atoms in total. The first-order chi connectivity index (χ1) is 17.4. The Bertz CT molecular complexity index is 1340. The molecule has 3 aromatic rings. The van der Waals surface area contributed by atoms with Crippen LogP contribution in [0.3, 0.4) is 0 Å². The second kappa shape index (κ2) is 8.92. The zero-order valence-corrected chi connectivity index (χ0v) is 19.9. The summed E-state index contributed by atoms with van der Waals surface area (Å²) < 4.78 is 30.3. The number of alkyl halides is 1. The number of benzene rings is 1. The molecule has 4 atom stereocenters. The van der Waals surface area contributed by atoms with E-state index in [1.807, 2.05) is 0 Å². The predicted octanol–water partition coefficient (Wildman–Crippen LogP) is 3.34. The Balaban J connectivity index is 1.26. The average molecular weight is 495 g/mol. The van der Waals surface area contributed by atoms with Gasteiger partial charge in [-0.15, -0.1) is 10.2 Å². The van der Waals surface area contributed by atoms with Gasteiger partial charge in [0.15, 0.2) is 17.6 Å². The lowest BCUT2D eigenvalue weighted by atomic mass is 9.82. The monoisotopic (exact) mass is 494 g/mol. The molecule has 6 rings (SSSR count). The number of fused-ring (bicyclic) bond motifs is 2. The Morgan fingerprint density at radius 3 is 2.64 bits per heavy atom. The number of pyridine rings is 1. The third-order valence-corrected chi connectivity index (χ3v) is 7.68. The Kier molecular flexibility index (Phi) is 5.70. The maximum absolute atomic E-state index is 15.4. The molecule has 2 aliphatic heterocycles. The lowest BCUT2D eigenvalue weighted by Crippen LogP contribution is -2.62. The molecule has 0 amide bonds. The van der Waals surface area contributed by atoms with Crippen molar-refractivity contribution in [1.29, 1.82) is 0 Å². The molecule has 4 heterocycles. The van der Waals surface area contributed by atoms with Crippen molar-refractivity contribution in [3.05, 3.63) is 52.8 Å². The van der Waals surface area contributed by atoms with Crippen LogP contribution in [0.15, 0.2) is 41.3 Å². The molecule has 2 saturated heterocycles. The fraction of sp³-hybridized carbons (Fsp3) is 0.462. The summed E-state index contributed by atoms with van der Waals surface area (Å²) in [5.41, 5.74) is 0.729. The van der Waals surface area contributed by atoms with E-state index in [-0.39, 0.29) is 29.7 Å². The van der Waals surface area contributed by atoms with Crippen molar-refractivity contribution in [3.8, 4) is 28.3 Å². The Morgan fingerprint density at radius 1 is 1.11 bits per heavy atom. The number of nitrogens with one attached hydrogen (secondary N) is 1. The number of hydrogen-bond donors (Lipinski definition) is 2. The number of halogens is 2. The van der Waals surface area contributed by atoms with Crippen LogP contribution in [0, 0.1) is 5.95 Å². The molecule has 0 radical (unpaired) electrons. The molecule has 1 aromatic carbocycles. The smallest absolute Gasteiger partial charge is 0.253 e. The van der Waals surface area contributed by atoms with Crippen molar-refractivity contribution < 1.29 is 13.9 Å². The second-order valence-electron chi connectivity index (χ2n) is 10.1. The third kappa shape index (κ3) is 4.13. The molecule has 2 N–H and O–H groups in total. The fourth-order valence-corrected chi connectivity index (χ4v) is 5.61. The van der Waals surface area contributed by atoms with E-state index in [9.17, 15) is 14.3 Å². The molecule has 1 saturated carbocycles. The highest BCUT2D eigenvalue weighted by Gasteiger charge is 2.46. The van der Waals surface area contributed by atoms with E-state index < -0.39 is 17.7 Å². The van der Waals surface area contributed by atoms with Gasteiger partial charge in [-0.3, -0.25) is 9.36 Å². The molecule has 36 heavy (non-hydrogen) atoms. The minimum Gasteiger partial charge on any atom is -0.507 e. The lowest BCUT2D eigenvalue weighted by molar-refractivity contribution is 0.104. The van der Waals surface area contributed by atoms with Crippen LogP contribution in [0.4, 0.5) is 14.6 Å². The largest absolute Gasteiger partial charge is 0.507 e. The second-order valence-corrected chi connectivity index (χ2v) is 10.1. The normalized spacial score (nSPS) is 25.5. The van der Waals surface area contributed by atoms with Gasteiger partial charge in [-0.25, -0.2) is 9.37 Å². The van der Waals surface area contributed by atoms with E-state index in [0.29, 0.717) is 28.6 Å². The Morgan fingerprint density at radius 2 is 1.94 bits per heavy atom. The van der Waals surface area contributed by atoms with Crippen molar-refractivity contribution in [2.45, 2.75) is 68.9 Å². The van der Waals surface area contributed by atoms with Crippen LogP contribution < -0.4 is 15.8 Å². The van der Waals surface area contributed by atoms with Gasteiger partial charge in [-0.05, 0) is 61.4 Å². The van der Waals surface area contributed by atoms with E-state index in [1.54, 1.807) is 18.3 Å². The topological polar surface area (TPSA) is 96.2 Å². The zero-order valence-electron chi connectivity index (χ0n) is 19.9. The molecular weight excluding hydrogens is 466 g/mol. The molecular formula is C26H28F2N6O2. The molecule has 3 aliphatic rings. The number of rotatable bonds is 5. The van der Waals surface area contributed by atoms with Gasteiger partial charge in [0.2, 0.25) is 0 Å². The Hall–Kier alpha value is -3.40. The average Bonchev–Trinajstić information content (AvgIpc) is 3.71. The van der Waals surface area contributed by atoms with E-state index in [1.165, 1.54) is 25.2 Å². The first-order valence-electron chi connectivity index (χ1n) is 12.5. The van der Waals surface area contributed by atoms with E-state index in [4.69, 9.17) is 0 Å². The molecule has 0 spiro atoms. The highest BCUT2D eigenvalue weighted by atomic mass is 19.1. The molecule has 1 aliphatic carbocycles. The predicted molar refractivity (Wildman–Crippen MR) is 131 cm³/mol. The molecule has 188 valence electrons. The quantitative estimate of drug-likeness (QED) is 0.525. The molecule has 2 bridgehead atoms. The summed E-state index contributed by atoms with van der Waals surface area (Å²) in [6, 6.07) is 7.49. The first-order valence-corrected chi connectivity index (χ1v) is 12.5. The summed E-state index contributed by atoms with van der Waals surface area (Å²) in [4.78, 5) is 18.5. The minimum absolute atomic E-state index is 0.113. The highest BCUT2D eigenvalue weighted by Crippen LogP contribution is 2.39. The van der Waals surface area contributed by atoms with Gasteiger partial charge in [0.25, 0.3) is 5.56 Å². The summed E-state index contributed by atoms with van der Waals surface area (Å²) in [6.45, 7) is 0. The number of aromatic hydroxyl groups is 1. The van der Waals surface area contributed by atoms with Crippen molar-refractivity contribution in [1.82, 2.24) is 25.1 Å². The van der Waals surface area contributed by atoms with Crippen molar-refractivity contribution in [3.63, 3.8) is 0 Å². The van der Waals surface area contributed by atoms with Gasteiger partial charge in [0.1, 0.15) is 11.9 Å². The summed E-state index contributed by atoms with van der Waals surface area (Å²) >= 11 is 0. The van der Waals surface area contributed by atoms with Crippen LogP contribution >= 0.6 is 0 Å². The molecule has 3 fully saturated rings. The van der Waals surface area contributed by atoms with Gasteiger partial charge >= 0.3 is 0 Å². The number of anilines is 1. The molecule has 2 aromatic heterocycles. The van der Waals surface area contributed by atoms with Gasteiger partial charge in [-0.2, -0.15) is 4.39 Å². The number of nitrogens with zero attached hydrogens (tertiary/aromatic N) is 5. The number of piperidine rings is 2. The maximum atomic E-state index is 15.4. The highest BCUT2D eigenvalue weighted by molar-refractivity contribution is 5.72. The number of phenolic OH excluding ortho intramolecular Hbond substituents is 1. The van der Waals surface area contributed by atoms with Crippen LogP contribution in [-0.4, -0.2) is 55.2 Å². The maximum Gasteiger partial charge on any atom is 0.253 e. The van der Waals surface area contributed by atoms with Gasteiger partial charge in [-0.1, -0.05) is 12.5 Å². The summed E-state index contributed by atoms with van der Waals surface area (Å²) in [5.74, 6) is 0.00255. The molecule has 0 unspecified atom stereocenters. The first kappa shape index (κ1) is 23.0. The number of aromatic nitrogens is 4. The minimum atomic E-state index is -0.972. The van der Waals surface area contributed by atoms with Crippen LogP contribution in [0.2, 0.25) is 0 Å². The van der Waals surface area contributed by atoms with E-state index in [0.717, 1.165) is 43.1 Å². The Labute approximate surface area is 207 Å². The van der Waals surface area contributed by atoms with E-state index in [2.05, 4.69) is 25.4 Å². The standard InChI is InChI=1S/C26H28F2N6O2/c1-33-22(27)10-15(11-24(33)36)14-5-8-18(21(35)9-14)26-29-13-23(31-32-26)34(17-6-7-17)20-12-16-3-2-4-19(30-16)25(20)28/h5,8-11,13,16-17,19-20,25,30,35H,2-4,6-7,12H2,1H3/t16-,19+,20+,25-/m1/s1. The number of hydrogen-bond acceptors (Lipinski definition) is 7. The van der Waals surface area contributed by atoms with E-state index >= 15 is 4.39 Å². The number of phenols is 1. The third-order valence-electron chi connectivity index (χ3n) is 7.68. The van der Waals surface area contributed by atoms with Crippen molar-refractivity contribution in [2.24, 2.45) is 7.05 Å². The van der Waals surface area contributed by atoms with Crippen molar-refractivity contribution >= 4 is 5.82 Å².